The quantitative estimate of drug-likeness (QED) is 0.780. The molecule has 0 fully saturated rings. The SMILES string of the molecule is Cc1cccc(C(=O)NCC(=O)O)c1C. The first-order valence-corrected chi connectivity index (χ1v) is 4.58. The number of hydrogen-bond donors (Lipinski definition) is 2. The van der Waals surface area contributed by atoms with Gasteiger partial charge < -0.3 is 10.4 Å². The van der Waals surface area contributed by atoms with Crippen molar-refractivity contribution in [2.45, 2.75) is 13.8 Å². The number of benzene rings is 1. The van der Waals surface area contributed by atoms with Gasteiger partial charge >= 0.3 is 5.97 Å². The molecule has 1 amide bonds. The summed E-state index contributed by atoms with van der Waals surface area (Å²) in [6, 6.07) is 5.36. The molecule has 0 saturated heterocycles. The smallest absolute Gasteiger partial charge is 0.322 e. The lowest BCUT2D eigenvalue weighted by Crippen LogP contribution is -2.29. The van der Waals surface area contributed by atoms with E-state index in [9.17, 15) is 9.59 Å². The summed E-state index contributed by atoms with van der Waals surface area (Å²) in [5.41, 5.74) is 2.41. The molecule has 0 radical (unpaired) electrons. The van der Waals surface area contributed by atoms with Crippen LogP contribution in [0.3, 0.4) is 0 Å². The van der Waals surface area contributed by atoms with Crippen molar-refractivity contribution >= 4 is 11.9 Å². The van der Waals surface area contributed by atoms with Crippen LogP contribution in [-0.2, 0) is 4.79 Å². The van der Waals surface area contributed by atoms with Gasteiger partial charge in [-0.05, 0) is 31.0 Å². The average Bonchev–Trinajstić information content (AvgIpc) is 2.18. The lowest BCUT2D eigenvalue weighted by Gasteiger charge is -2.07. The molecule has 0 saturated carbocycles. The number of carbonyl (C=O) groups excluding carboxylic acids is 1. The van der Waals surface area contributed by atoms with E-state index in [-0.39, 0.29) is 12.5 Å². The second-order valence-corrected chi connectivity index (χ2v) is 3.32. The molecule has 80 valence electrons. The lowest BCUT2D eigenvalue weighted by molar-refractivity contribution is -0.135. The third-order valence-electron chi connectivity index (χ3n) is 2.25. The molecule has 15 heavy (non-hydrogen) atoms. The Morgan fingerprint density at radius 2 is 2.00 bits per heavy atom. The highest BCUT2D eigenvalue weighted by molar-refractivity contribution is 5.97. The third-order valence-corrected chi connectivity index (χ3v) is 2.25. The Labute approximate surface area is 87.9 Å². The fourth-order valence-corrected chi connectivity index (χ4v) is 1.25. The van der Waals surface area contributed by atoms with Crippen molar-refractivity contribution in [1.29, 1.82) is 0 Å². The summed E-state index contributed by atoms with van der Waals surface area (Å²) < 4.78 is 0. The molecule has 1 aromatic rings. The maximum atomic E-state index is 11.5. The highest BCUT2D eigenvalue weighted by atomic mass is 16.4. The van der Waals surface area contributed by atoms with E-state index >= 15 is 0 Å². The zero-order chi connectivity index (χ0) is 11.4. The molecule has 0 unspecified atom stereocenters. The highest BCUT2D eigenvalue weighted by Gasteiger charge is 2.10. The second-order valence-electron chi connectivity index (χ2n) is 3.32. The first kappa shape index (κ1) is 11.2. The molecule has 0 atom stereocenters. The van der Waals surface area contributed by atoms with Crippen LogP contribution in [-0.4, -0.2) is 23.5 Å². The van der Waals surface area contributed by atoms with Gasteiger partial charge in [-0.25, -0.2) is 0 Å². The number of rotatable bonds is 3. The van der Waals surface area contributed by atoms with E-state index in [0.29, 0.717) is 5.56 Å². The summed E-state index contributed by atoms with van der Waals surface area (Å²) >= 11 is 0. The van der Waals surface area contributed by atoms with Crippen LogP contribution in [0.5, 0.6) is 0 Å². The Morgan fingerprint density at radius 1 is 1.33 bits per heavy atom. The van der Waals surface area contributed by atoms with Crippen LogP contribution < -0.4 is 5.32 Å². The van der Waals surface area contributed by atoms with Crippen LogP contribution in [0.4, 0.5) is 0 Å². The van der Waals surface area contributed by atoms with Gasteiger partial charge in [0.1, 0.15) is 6.54 Å². The van der Waals surface area contributed by atoms with Gasteiger partial charge in [-0.1, -0.05) is 12.1 Å². The van der Waals surface area contributed by atoms with Crippen LogP contribution in [0.2, 0.25) is 0 Å². The minimum atomic E-state index is -1.05. The Bertz CT molecular complexity index is 399. The minimum Gasteiger partial charge on any atom is -0.480 e. The summed E-state index contributed by atoms with van der Waals surface area (Å²) in [6.45, 7) is 3.39. The second kappa shape index (κ2) is 4.59. The largest absolute Gasteiger partial charge is 0.480 e. The average molecular weight is 207 g/mol. The third kappa shape index (κ3) is 2.80. The number of carboxylic acids is 1. The molecule has 0 bridgehead atoms. The standard InChI is InChI=1S/C11H13NO3/c1-7-4-3-5-9(8(7)2)11(15)12-6-10(13)14/h3-5H,6H2,1-2H3,(H,12,15)(H,13,14). The number of carbonyl (C=O) groups is 2. The van der Waals surface area contributed by atoms with Gasteiger partial charge in [0.05, 0.1) is 0 Å². The van der Waals surface area contributed by atoms with Gasteiger partial charge in [-0.2, -0.15) is 0 Å². The van der Waals surface area contributed by atoms with Gasteiger partial charge in [0.2, 0.25) is 0 Å². The Balaban J connectivity index is 2.82. The predicted molar refractivity (Wildman–Crippen MR) is 55.9 cm³/mol. The van der Waals surface area contributed by atoms with Gasteiger partial charge in [0.15, 0.2) is 0 Å². The van der Waals surface area contributed by atoms with Crippen LogP contribution in [0.15, 0.2) is 18.2 Å². The molecule has 0 heterocycles. The van der Waals surface area contributed by atoms with Crippen LogP contribution in [0.25, 0.3) is 0 Å². The van der Waals surface area contributed by atoms with Crippen molar-refractivity contribution in [2.24, 2.45) is 0 Å². The number of aryl methyl sites for hydroxylation is 1. The van der Waals surface area contributed by atoms with Crippen LogP contribution >= 0.6 is 0 Å². The maximum absolute atomic E-state index is 11.5. The van der Waals surface area contributed by atoms with Crippen molar-refractivity contribution in [3.05, 3.63) is 34.9 Å². The predicted octanol–water partition coefficient (Wildman–Crippen LogP) is 1.12. The van der Waals surface area contributed by atoms with E-state index in [0.717, 1.165) is 11.1 Å². The summed E-state index contributed by atoms with van der Waals surface area (Å²) in [6.07, 6.45) is 0. The number of aliphatic carboxylic acids is 1. The van der Waals surface area contributed by atoms with Crippen molar-refractivity contribution in [3.8, 4) is 0 Å². The Morgan fingerprint density at radius 3 is 2.60 bits per heavy atom. The fraction of sp³-hybridized carbons (Fsp3) is 0.273. The minimum absolute atomic E-state index is 0.349. The summed E-state index contributed by atoms with van der Waals surface area (Å²) in [7, 11) is 0. The van der Waals surface area contributed by atoms with E-state index < -0.39 is 5.97 Å². The fourth-order valence-electron chi connectivity index (χ4n) is 1.25. The van der Waals surface area contributed by atoms with Crippen LogP contribution in [0, 0.1) is 13.8 Å². The summed E-state index contributed by atoms with van der Waals surface area (Å²) in [4.78, 5) is 21.8. The Kier molecular flexibility index (Phi) is 3.44. The van der Waals surface area contributed by atoms with E-state index in [1.807, 2.05) is 19.9 Å². The molecule has 4 nitrogen and oxygen atoms in total. The van der Waals surface area contributed by atoms with E-state index in [2.05, 4.69) is 5.32 Å². The molecule has 0 aliphatic carbocycles. The molecule has 4 heteroatoms. The molecular weight excluding hydrogens is 194 g/mol. The normalized spacial score (nSPS) is 9.73. The molecule has 2 N–H and O–H groups in total. The number of amides is 1. The number of nitrogens with one attached hydrogen (secondary N) is 1. The monoisotopic (exact) mass is 207 g/mol. The molecule has 1 rings (SSSR count). The van der Waals surface area contributed by atoms with Crippen molar-refractivity contribution in [3.63, 3.8) is 0 Å². The van der Waals surface area contributed by atoms with Gasteiger partial charge in [-0.3, -0.25) is 9.59 Å². The molecule has 0 aliphatic heterocycles. The van der Waals surface area contributed by atoms with Crippen molar-refractivity contribution < 1.29 is 14.7 Å². The zero-order valence-electron chi connectivity index (χ0n) is 8.70. The maximum Gasteiger partial charge on any atom is 0.322 e. The molecular formula is C11H13NO3. The lowest BCUT2D eigenvalue weighted by atomic mass is 10.0. The number of hydrogen-bond acceptors (Lipinski definition) is 2. The van der Waals surface area contributed by atoms with Gasteiger partial charge in [0.25, 0.3) is 5.91 Å². The van der Waals surface area contributed by atoms with Crippen molar-refractivity contribution in [2.75, 3.05) is 6.54 Å². The first-order valence-electron chi connectivity index (χ1n) is 4.58. The first-order chi connectivity index (χ1) is 7.02. The topological polar surface area (TPSA) is 66.4 Å². The summed E-state index contributed by atoms with van der Waals surface area (Å²) in [5, 5.41) is 10.7. The van der Waals surface area contributed by atoms with E-state index in [4.69, 9.17) is 5.11 Å². The number of carboxylic acid groups (broad SMARTS) is 1. The summed E-state index contributed by atoms with van der Waals surface area (Å²) in [5.74, 6) is -1.40. The zero-order valence-corrected chi connectivity index (χ0v) is 8.70. The Hall–Kier alpha value is -1.84. The van der Waals surface area contributed by atoms with Gasteiger partial charge in [0, 0.05) is 5.56 Å². The van der Waals surface area contributed by atoms with Gasteiger partial charge in [-0.15, -0.1) is 0 Å². The molecule has 0 aromatic heterocycles. The van der Waals surface area contributed by atoms with Crippen molar-refractivity contribution in [1.82, 2.24) is 5.32 Å². The molecule has 0 aliphatic rings. The van der Waals surface area contributed by atoms with E-state index in [1.54, 1.807) is 12.1 Å². The molecule has 1 aromatic carbocycles. The highest BCUT2D eigenvalue weighted by Crippen LogP contribution is 2.12. The molecule has 0 spiro atoms. The van der Waals surface area contributed by atoms with E-state index in [1.165, 1.54) is 0 Å². The van der Waals surface area contributed by atoms with Crippen LogP contribution in [0.1, 0.15) is 21.5 Å².